The van der Waals surface area contributed by atoms with Crippen molar-refractivity contribution in [1.29, 1.82) is 0 Å². The van der Waals surface area contributed by atoms with E-state index in [0.29, 0.717) is 30.4 Å². The van der Waals surface area contributed by atoms with E-state index in [-0.39, 0.29) is 68.9 Å². The number of nitrogens with zero attached hydrogens (tertiary/aromatic N) is 5. The largest absolute Gasteiger partial charge is 0.494 e. The molecule has 2 saturated heterocycles. The first kappa shape index (κ1) is 48.5. The first-order valence-corrected chi connectivity index (χ1v) is 25.2. The first-order valence-electron chi connectivity index (χ1n) is 24.9. The summed E-state index contributed by atoms with van der Waals surface area (Å²) >= 11 is 6.72. The summed E-state index contributed by atoms with van der Waals surface area (Å²) in [4.78, 5) is 57.7. The second-order valence-electron chi connectivity index (χ2n) is 20.3. The third-order valence-corrected chi connectivity index (χ3v) is 16.9. The zero-order chi connectivity index (χ0) is 49.9. The van der Waals surface area contributed by atoms with Crippen LogP contribution in [0.2, 0.25) is 5.02 Å². The van der Waals surface area contributed by atoms with Gasteiger partial charge >= 0.3 is 6.03 Å². The monoisotopic (exact) mass is 990 g/mol. The highest BCUT2D eigenvalue weighted by Gasteiger charge is 2.51. The number of likely N-dealkylation sites (tertiary alicyclic amines) is 1. The summed E-state index contributed by atoms with van der Waals surface area (Å²) in [5.41, 5.74) is 7.56. The van der Waals surface area contributed by atoms with Gasteiger partial charge in [-0.15, -0.1) is 0 Å². The molecule has 14 nitrogen and oxygen atoms in total. The van der Waals surface area contributed by atoms with E-state index < -0.39 is 35.1 Å². The van der Waals surface area contributed by atoms with E-state index in [9.17, 15) is 19.2 Å². The second kappa shape index (κ2) is 19.1. The van der Waals surface area contributed by atoms with Crippen molar-refractivity contribution in [1.82, 2.24) is 30.2 Å². The van der Waals surface area contributed by atoms with Crippen LogP contribution in [0.3, 0.4) is 0 Å². The Morgan fingerprint density at radius 2 is 1.72 bits per heavy atom. The molecule has 4 N–H and O–H groups in total. The number of hydrogen-bond donors (Lipinski definition) is 3. The molecule has 0 spiro atoms. The van der Waals surface area contributed by atoms with Gasteiger partial charge in [0.1, 0.15) is 11.6 Å². The number of halogens is 3. The fourth-order valence-corrected chi connectivity index (χ4v) is 12.5. The van der Waals surface area contributed by atoms with Gasteiger partial charge in [0.25, 0.3) is 0 Å². The Kier molecular flexibility index (Phi) is 13.1. The summed E-state index contributed by atoms with van der Waals surface area (Å²) in [6, 6.07) is 19.5. The standard InChI is InChI=1S/C54H61ClF2N8O6/c1-31-44-42(28-39(56)47(55)46(44)45-38(49(58)67)17-18-41(70-4)48(45)57)71-54(31,35-9-6-5-7-10-35)29-59-36-14-11-33(12-15-36)51(68)62(2)53(22-8-23-53)30-64-24-19-32(20-25-64)34-13-16-37-40(27-34)63(3)61-50(37)65-26-21-43(66)60-52(65)69/h5-7,9-10,13,16-18,27-28,31-33,36,59H,8,11-12,14-15,19-26,29-30H2,1-4H3,(H2,58,67)(H,60,66,69). The highest BCUT2D eigenvalue weighted by molar-refractivity contribution is 6.34. The molecule has 2 aliphatic carbocycles. The maximum absolute atomic E-state index is 16.3. The average Bonchev–Trinajstić information content (AvgIpc) is 3.84. The Hall–Kier alpha value is -6.10. The molecule has 4 heterocycles. The van der Waals surface area contributed by atoms with Gasteiger partial charge < -0.3 is 30.3 Å². The highest BCUT2D eigenvalue weighted by atomic mass is 35.5. The Morgan fingerprint density at radius 1 is 0.986 bits per heavy atom. The number of carbonyl (C=O) groups is 4. The minimum atomic E-state index is -1.08. The highest BCUT2D eigenvalue weighted by Crippen LogP contribution is 2.57. The van der Waals surface area contributed by atoms with Crippen molar-refractivity contribution in [2.75, 3.05) is 51.8 Å². The number of methoxy groups -OCH3 is 1. The van der Waals surface area contributed by atoms with Crippen molar-refractivity contribution in [3.05, 3.63) is 106 Å². The number of benzene rings is 4. The molecule has 3 aliphatic heterocycles. The van der Waals surface area contributed by atoms with E-state index in [4.69, 9.17) is 26.8 Å². The van der Waals surface area contributed by atoms with Crippen LogP contribution in [0.5, 0.6) is 11.5 Å². The topological polar surface area (TPSA) is 164 Å². The summed E-state index contributed by atoms with van der Waals surface area (Å²) in [6.45, 7) is 5.29. The number of aromatic nitrogens is 2. The summed E-state index contributed by atoms with van der Waals surface area (Å²) in [6.07, 6.45) is 8.35. The number of hydrogen-bond acceptors (Lipinski definition) is 9. The van der Waals surface area contributed by atoms with Crippen LogP contribution < -0.4 is 30.7 Å². The molecule has 2 unspecified atom stereocenters. The number of urea groups is 1. The Balaban J connectivity index is 0.782. The normalized spacial score (nSPS) is 23.5. The minimum absolute atomic E-state index is 0.00337. The van der Waals surface area contributed by atoms with Gasteiger partial charge in [0.2, 0.25) is 17.7 Å². The van der Waals surface area contributed by atoms with Gasteiger partial charge in [-0.2, -0.15) is 5.10 Å². The Morgan fingerprint density at radius 3 is 2.38 bits per heavy atom. The number of fused-ring (bicyclic) bond motifs is 2. The van der Waals surface area contributed by atoms with E-state index >= 15 is 8.78 Å². The number of piperidine rings is 1. The summed E-state index contributed by atoms with van der Waals surface area (Å²) in [7, 11) is 5.20. The molecule has 0 bridgehead atoms. The number of aryl methyl sites for hydroxylation is 1. The Labute approximate surface area is 417 Å². The fourth-order valence-electron chi connectivity index (χ4n) is 12.2. The fraction of sp³-hybridized carbons (Fsp3) is 0.463. The molecule has 5 aromatic rings. The molecule has 1 aromatic heterocycles. The number of nitrogens with one attached hydrogen (secondary N) is 2. The summed E-state index contributed by atoms with van der Waals surface area (Å²) in [5.74, 6) is -2.30. The molecule has 4 fully saturated rings. The predicted molar refractivity (Wildman–Crippen MR) is 267 cm³/mol. The second-order valence-corrected chi connectivity index (χ2v) is 20.7. The van der Waals surface area contributed by atoms with Crippen molar-refractivity contribution in [3.63, 3.8) is 0 Å². The lowest BCUT2D eigenvalue weighted by molar-refractivity contribution is -0.146. The number of carbonyl (C=O) groups excluding carboxylic acids is 4. The SMILES string of the molecule is COc1ccc(C(N)=O)c(-c2c(Cl)c(F)cc3c2C(C)C(CNC2CCC(C(=O)N(C)C4(CN5CCC(c6ccc7c(N8CCC(=O)NC8=O)nn(C)c7c6)CC5)CCC4)CC2)(c2ccccc2)O3)c1F. The summed E-state index contributed by atoms with van der Waals surface area (Å²) < 4.78 is 46.0. The minimum Gasteiger partial charge on any atom is -0.494 e. The number of anilines is 1. The molecule has 4 aromatic carbocycles. The number of nitrogens with two attached hydrogens (primary N) is 1. The van der Waals surface area contributed by atoms with E-state index in [0.717, 1.165) is 93.9 Å². The molecule has 10 rings (SSSR count). The predicted octanol–water partition coefficient (Wildman–Crippen LogP) is 8.53. The van der Waals surface area contributed by atoms with Crippen molar-refractivity contribution in [2.24, 2.45) is 18.7 Å². The lowest BCUT2D eigenvalue weighted by atomic mass is 9.73. The van der Waals surface area contributed by atoms with Crippen LogP contribution >= 0.6 is 11.6 Å². The van der Waals surface area contributed by atoms with Crippen LogP contribution in [0, 0.1) is 17.6 Å². The van der Waals surface area contributed by atoms with E-state index in [2.05, 4.69) is 43.7 Å². The van der Waals surface area contributed by atoms with Crippen LogP contribution in [0.15, 0.2) is 66.7 Å². The third kappa shape index (κ3) is 8.58. The van der Waals surface area contributed by atoms with Gasteiger partial charge in [0.05, 0.1) is 28.8 Å². The van der Waals surface area contributed by atoms with Crippen molar-refractivity contribution in [2.45, 2.75) is 100 Å². The van der Waals surface area contributed by atoms with Crippen molar-refractivity contribution < 1.29 is 37.4 Å². The molecule has 71 heavy (non-hydrogen) atoms. The molecule has 5 aliphatic rings. The molecular formula is C54H61ClF2N8O6. The summed E-state index contributed by atoms with van der Waals surface area (Å²) in [5, 5.41) is 11.4. The number of primary amides is 1. The maximum Gasteiger partial charge on any atom is 0.329 e. The zero-order valence-corrected chi connectivity index (χ0v) is 41.4. The van der Waals surface area contributed by atoms with Gasteiger partial charge in [-0.05, 0) is 112 Å². The van der Waals surface area contributed by atoms with Crippen molar-refractivity contribution in [3.8, 4) is 22.6 Å². The average molecular weight is 992 g/mol. The lowest BCUT2D eigenvalue weighted by Gasteiger charge is -2.52. The molecule has 374 valence electrons. The quantitative estimate of drug-likeness (QED) is 0.105. The van der Waals surface area contributed by atoms with Gasteiger partial charge in [-0.3, -0.25) is 29.3 Å². The maximum atomic E-state index is 16.3. The van der Waals surface area contributed by atoms with Gasteiger partial charge in [0, 0.05) is 86.2 Å². The molecule has 0 radical (unpaired) electrons. The zero-order valence-electron chi connectivity index (χ0n) is 40.7. The molecule has 17 heteroatoms. The van der Waals surface area contributed by atoms with E-state index in [1.54, 1.807) is 0 Å². The van der Waals surface area contributed by atoms with E-state index in [1.807, 2.05) is 56.0 Å². The number of likely N-dealkylation sites (N-methyl/N-ethyl adjacent to an activating group) is 1. The molecular weight excluding hydrogens is 930 g/mol. The van der Waals surface area contributed by atoms with Crippen molar-refractivity contribution >= 4 is 52.1 Å². The van der Waals surface area contributed by atoms with Gasteiger partial charge in [0.15, 0.2) is 23.0 Å². The number of rotatable bonds is 13. The molecule has 2 atom stereocenters. The van der Waals surface area contributed by atoms with Gasteiger partial charge in [-0.1, -0.05) is 54.9 Å². The molecule has 2 saturated carbocycles. The third-order valence-electron chi connectivity index (χ3n) is 16.5. The Bertz CT molecular complexity index is 2910. The van der Waals surface area contributed by atoms with E-state index in [1.165, 1.54) is 35.8 Å². The van der Waals surface area contributed by atoms with Crippen LogP contribution in [-0.4, -0.2) is 102 Å². The number of ether oxygens (including phenoxy) is 2. The van der Waals surface area contributed by atoms with Crippen LogP contribution in [0.1, 0.15) is 110 Å². The molecule has 5 amide bonds. The van der Waals surface area contributed by atoms with Gasteiger partial charge in [-0.25, -0.2) is 13.6 Å². The first-order chi connectivity index (χ1) is 34.1. The smallest absolute Gasteiger partial charge is 0.329 e. The number of amides is 5. The van der Waals surface area contributed by atoms with Crippen LogP contribution in [0.25, 0.3) is 22.0 Å². The lowest BCUT2D eigenvalue weighted by Crippen LogP contribution is -2.62. The van der Waals surface area contributed by atoms with Crippen LogP contribution in [0.4, 0.5) is 19.4 Å². The van der Waals surface area contributed by atoms with Crippen LogP contribution in [-0.2, 0) is 22.2 Å². The number of imide groups is 1.